The van der Waals surface area contributed by atoms with Crippen LogP contribution in [0.3, 0.4) is 0 Å². The lowest BCUT2D eigenvalue weighted by Crippen LogP contribution is -2.25. The summed E-state index contributed by atoms with van der Waals surface area (Å²) in [7, 11) is 0. The van der Waals surface area contributed by atoms with E-state index in [0.29, 0.717) is 17.9 Å². The largest absolute Gasteiger partial charge is 0.508 e. The number of imidazole rings is 2. The van der Waals surface area contributed by atoms with Crippen LogP contribution in [-0.4, -0.2) is 76.2 Å². The number of rotatable bonds is 19. The van der Waals surface area contributed by atoms with E-state index in [1.165, 1.54) is 5.56 Å². The average molecular weight is 1050 g/mol. The zero-order valence-corrected chi connectivity index (χ0v) is 43.8. The summed E-state index contributed by atoms with van der Waals surface area (Å²) < 4.78 is 11.0. The zero-order valence-electron chi connectivity index (χ0n) is 42.2. The topological polar surface area (TPSA) is 148 Å². The lowest BCUT2D eigenvalue weighted by molar-refractivity contribution is 0.0954. The second-order valence-electron chi connectivity index (χ2n) is 17.8. The van der Waals surface area contributed by atoms with Gasteiger partial charge in [0.05, 0.1) is 47.1 Å². The summed E-state index contributed by atoms with van der Waals surface area (Å²) in [5, 5.41) is 19.7. The molecule has 0 bridgehead atoms. The number of anilines is 2. The number of para-hydroxylation sites is 2. The number of ether oxygens (including phenoxy) is 1. The minimum Gasteiger partial charge on any atom is -0.508 e. The van der Waals surface area contributed by atoms with Crippen LogP contribution < -0.4 is 15.4 Å². The highest BCUT2D eigenvalue weighted by Gasteiger charge is 2.14. The lowest BCUT2D eigenvalue weighted by atomic mass is 10.0. The summed E-state index contributed by atoms with van der Waals surface area (Å²) in [4.78, 5) is 36.8. The zero-order chi connectivity index (χ0) is 51.5. The Hall–Kier alpha value is -7.94. The number of aromatic hydroxyl groups is 1. The van der Waals surface area contributed by atoms with E-state index in [1.54, 1.807) is 24.8 Å². The first-order valence-electron chi connectivity index (χ1n) is 25.2. The van der Waals surface area contributed by atoms with Crippen molar-refractivity contribution in [2.75, 3.05) is 31.6 Å². The van der Waals surface area contributed by atoms with Gasteiger partial charge >= 0.3 is 0 Å². The van der Waals surface area contributed by atoms with Crippen molar-refractivity contribution >= 4 is 65.9 Å². The Morgan fingerprint density at radius 1 is 0.689 bits per heavy atom. The number of phenols is 1. The van der Waals surface area contributed by atoms with Crippen molar-refractivity contribution in [3.63, 3.8) is 0 Å². The first-order chi connectivity index (χ1) is 36.2. The number of unbranched alkanes of at least 4 members (excludes halogenated alkanes) is 2. The Bertz CT molecular complexity index is 3340. The van der Waals surface area contributed by atoms with Gasteiger partial charge in [0.2, 0.25) is 0 Å². The van der Waals surface area contributed by atoms with Gasteiger partial charge in [0.1, 0.15) is 11.5 Å². The number of carbonyl (C=O) groups excluding carboxylic acids is 1. The molecule has 0 saturated heterocycles. The van der Waals surface area contributed by atoms with E-state index in [2.05, 4.69) is 101 Å². The van der Waals surface area contributed by atoms with Crippen LogP contribution in [0.4, 0.5) is 11.4 Å². The minimum atomic E-state index is -0.0809. The molecule has 10 aromatic rings. The highest BCUT2D eigenvalue weighted by Crippen LogP contribution is 2.30. The molecule has 378 valence electrons. The summed E-state index contributed by atoms with van der Waals surface area (Å²) in [6.45, 7) is 12.2. The molecule has 14 heteroatoms. The smallest absolute Gasteiger partial charge is 0.252 e. The van der Waals surface area contributed by atoms with Gasteiger partial charge in [-0.05, 0) is 124 Å². The van der Waals surface area contributed by atoms with Crippen LogP contribution in [0.25, 0.3) is 44.0 Å². The molecule has 5 aromatic carbocycles. The van der Waals surface area contributed by atoms with Gasteiger partial charge < -0.3 is 29.6 Å². The van der Waals surface area contributed by atoms with Crippen LogP contribution in [-0.2, 0) is 19.6 Å². The number of aryl methyl sites for hydroxylation is 3. The number of pyridine rings is 3. The number of phenolic OH excluding ortho intramolecular Hbond substituents is 1. The molecule has 0 aliphatic heterocycles. The predicted octanol–water partition coefficient (Wildman–Crippen LogP) is 13.2. The average Bonchev–Trinajstić information content (AvgIpc) is 4.17. The number of aromatic nitrogens is 7. The quantitative estimate of drug-likeness (QED) is 0.0528. The van der Waals surface area contributed by atoms with Crippen molar-refractivity contribution in [1.82, 2.24) is 44.3 Å². The van der Waals surface area contributed by atoms with E-state index in [0.717, 1.165) is 136 Å². The first kappa shape index (κ1) is 52.4. The normalized spacial score (nSPS) is 11.0. The van der Waals surface area contributed by atoms with Crippen LogP contribution in [0, 0.1) is 6.92 Å². The molecule has 0 spiro atoms. The fraction of sp³-hybridized carbons (Fsp3) is 0.233. The van der Waals surface area contributed by atoms with E-state index in [4.69, 9.17) is 9.72 Å². The van der Waals surface area contributed by atoms with Gasteiger partial charge in [-0.15, -0.1) is 0 Å². The molecule has 0 saturated carbocycles. The Balaban J connectivity index is 0.000000149. The molecule has 13 nitrogen and oxygen atoms in total. The Kier molecular flexibility index (Phi) is 18.9. The fourth-order valence-corrected chi connectivity index (χ4v) is 8.74. The molecule has 3 N–H and O–H groups in total. The van der Waals surface area contributed by atoms with Crippen molar-refractivity contribution in [3.8, 4) is 22.8 Å². The number of hydrogen-bond acceptors (Lipinski definition) is 10. The second kappa shape index (κ2) is 26.7. The summed E-state index contributed by atoms with van der Waals surface area (Å²) in [5.74, 6) is 1.19. The molecule has 10 rings (SSSR count). The molecular weight excluding hydrogens is 989 g/mol. The Morgan fingerprint density at radius 2 is 1.39 bits per heavy atom. The molecule has 1 amide bonds. The summed E-state index contributed by atoms with van der Waals surface area (Å²) >= 11 is 3.45. The van der Waals surface area contributed by atoms with Crippen molar-refractivity contribution in [3.05, 3.63) is 198 Å². The molecule has 0 fully saturated rings. The maximum absolute atomic E-state index is 12.9. The number of nitrogens with one attached hydrogen (secondary N) is 2. The maximum Gasteiger partial charge on any atom is 0.252 e. The second-order valence-corrected chi connectivity index (χ2v) is 18.7. The number of nitrogens with zero attached hydrogens (tertiary/aromatic N) is 8. The number of benzene rings is 5. The summed E-state index contributed by atoms with van der Waals surface area (Å²) in [6, 6.07) is 41.5. The number of carbonyl (C=O) groups is 1. The van der Waals surface area contributed by atoms with Gasteiger partial charge in [-0.1, -0.05) is 84.4 Å². The third kappa shape index (κ3) is 14.6. The van der Waals surface area contributed by atoms with E-state index < -0.39 is 0 Å². The standard InChI is InChI=1S/C22H19BrN4O.C21H25N3O.C17H19N3O/c23-17-8-6-16(7-9-17)21-14-19(18-4-1-2-5-20(18)26-21)22(28)25-10-3-12-27-13-11-24-15-27;1-4-24(5-2)14-16-13-17(7-9-21(16)25)23-19-10-11-22-20-12-15(3)6-8-18(19)20;1(4-11-20-12-10-18-14-20)5-13-21-17-8-9-19-16-7-3-2-6-15(16)17/h1-2,4-9,11,13-15H,3,10,12H2,(H,25,28);6-13,25H,4-5,14H2,1-3H3,(H,22,23);2-3,6-10,12,14H,1,4-5,11,13H2. The van der Waals surface area contributed by atoms with E-state index in [-0.39, 0.29) is 5.91 Å². The molecule has 0 unspecified atom stereocenters. The molecule has 5 aromatic heterocycles. The monoisotopic (exact) mass is 1050 g/mol. The lowest BCUT2D eigenvalue weighted by Gasteiger charge is -2.19. The fourth-order valence-electron chi connectivity index (χ4n) is 8.48. The molecule has 5 heterocycles. The van der Waals surface area contributed by atoms with Crippen LogP contribution in [0.15, 0.2) is 182 Å². The SMILES string of the molecule is CCN(CC)Cc1cc(Nc2ccnc3cc(C)ccc23)ccc1O.O=C(NCCCn1ccnc1)c1cc(-c2ccc(Br)cc2)nc2ccccc12.c1ccc2c(OCCCCCn3ccnc3)ccnc2c1. The van der Waals surface area contributed by atoms with Gasteiger partial charge in [0, 0.05) is 106 Å². The number of hydrogen-bond donors (Lipinski definition) is 3. The van der Waals surface area contributed by atoms with Gasteiger partial charge in [-0.3, -0.25) is 19.7 Å². The third-order valence-electron chi connectivity index (χ3n) is 12.6. The van der Waals surface area contributed by atoms with Gasteiger partial charge in [-0.25, -0.2) is 15.0 Å². The van der Waals surface area contributed by atoms with Crippen molar-refractivity contribution in [1.29, 1.82) is 0 Å². The van der Waals surface area contributed by atoms with Crippen molar-refractivity contribution < 1.29 is 14.6 Å². The van der Waals surface area contributed by atoms with Gasteiger partial charge in [0.15, 0.2) is 0 Å². The number of fused-ring (bicyclic) bond motifs is 3. The van der Waals surface area contributed by atoms with Gasteiger partial charge in [-0.2, -0.15) is 0 Å². The summed E-state index contributed by atoms with van der Waals surface area (Å²) in [6.07, 6.45) is 19.0. The van der Waals surface area contributed by atoms with E-state index in [1.807, 2.05) is 133 Å². The number of halogens is 1. The number of amides is 1. The molecular formula is C60H63BrN10O3. The van der Waals surface area contributed by atoms with Crippen LogP contribution in [0.5, 0.6) is 11.5 Å². The molecule has 0 aliphatic rings. The van der Waals surface area contributed by atoms with Crippen molar-refractivity contribution in [2.24, 2.45) is 0 Å². The van der Waals surface area contributed by atoms with E-state index in [9.17, 15) is 9.90 Å². The third-order valence-corrected chi connectivity index (χ3v) is 13.1. The van der Waals surface area contributed by atoms with E-state index >= 15 is 0 Å². The Labute approximate surface area is 441 Å². The predicted molar refractivity (Wildman–Crippen MR) is 302 cm³/mol. The molecule has 0 atom stereocenters. The molecule has 74 heavy (non-hydrogen) atoms. The van der Waals surface area contributed by atoms with Crippen molar-refractivity contribution in [2.45, 2.75) is 66.1 Å². The Morgan fingerprint density at radius 3 is 2.14 bits per heavy atom. The van der Waals surface area contributed by atoms with Crippen LogP contribution >= 0.6 is 15.9 Å². The molecule has 0 aliphatic carbocycles. The molecule has 0 radical (unpaired) electrons. The van der Waals surface area contributed by atoms with Gasteiger partial charge in [0.25, 0.3) is 5.91 Å². The minimum absolute atomic E-state index is 0.0809. The highest BCUT2D eigenvalue weighted by molar-refractivity contribution is 9.10. The van der Waals surface area contributed by atoms with Crippen LogP contribution in [0.2, 0.25) is 0 Å². The summed E-state index contributed by atoms with van der Waals surface area (Å²) in [5.41, 5.74) is 9.29. The first-order valence-corrected chi connectivity index (χ1v) is 26.0. The van der Waals surface area contributed by atoms with Crippen LogP contribution in [0.1, 0.15) is 61.0 Å². The highest BCUT2D eigenvalue weighted by atomic mass is 79.9. The maximum atomic E-state index is 12.9.